The van der Waals surface area contributed by atoms with Crippen molar-refractivity contribution in [3.63, 3.8) is 0 Å². The molecule has 0 N–H and O–H groups in total. The highest BCUT2D eigenvalue weighted by Gasteiger charge is 2.13. The van der Waals surface area contributed by atoms with E-state index in [1.54, 1.807) is 11.8 Å². The van der Waals surface area contributed by atoms with Gasteiger partial charge in [0.05, 0.1) is 0 Å². The molecule has 0 amide bonds. The van der Waals surface area contributed by atoms with Gasteiger partial charge in [-0.25, -0.2) is 0 Å². The van der Waals surface area contributed by atoms with Crippen molar-refractivity contribution in [3.8, 4) is 0 Å². The first-order chi connectivity index (χ1) is 13.8. The highest BCUT2D eigenvalue weighted by Crippen LogP contribution is 2.24. The molecular weight excluding hydrogens is 364 g/mol. The second-order valence-electron chi connectivity index (χ2n) is 7.08. The Morgan fingerprint density at radius 1 is 0.964 bits per heavy atom. The molecule has 0 saturated carbocycles. The van der Waals surface area contributed by atoms with Crippen molar-refractivity contribution in [2.75, 3.05) is 32.5 Å². The first-order valence-electron chi connectivity index (χ1n) is 9.90. The van der Waals surface area contributed by atoms with Crippen LogP contribution in [-0.4, -0.2) is 43.1 Å². The Morgan fingerprint density at radius 3 is 2.50 bits per heavy atom. The van der Waals surface area contributed by atoms with Crippen LogP contribution >= 0.6 is 11.8 Å². The zero-order valence-electron chi connectivity index (χ0n) is 16.3. The van der Waals surface area contributed by atoms with Gasteiger partial charge in [0, 0.05) is 22.6 Å². The zero-order chi connectivity index (χ0) is 19.2. The molecular formula is C24H26N2OS. The van der Waals surface area contributed by atoms with Gasteiger partial charge in [-0.3, -0.25) is 4.90 Å². The molecule has 0 aromatic heterocycles. The van der Waals surface area contributed by atoms with Crippen molar-refractivity contribution >= 4 is 28.2 Å². The predicted molar refractivity (Wildman–Crippen MR) is 119 cm³/mol. The summed E-state index contributed by atoms with van der Waals surface area (Å²) >= 11 is 1.75. The third-order valence-electron chi connectivity index (χ3n) is 5.26. The first kappa shape index (κ1) is 19.0. The monoisotopic (exact) mass is 390 g/mol. The van der Waals surface area contributed by atoms with Gasteiger partial charge in [-0.15, -0.1) is 11.8 Å². The van der Waals surface area contributed by atoms with Gasteiger partial charge >= 0.3 is 0 Å². The van der Waals surface area contributed by atoms with E-state index in [4.69, 9.17) is 4.84 Å². The van der Waals surface area contributed by atoms with Crippen LogP contribution in [0, 0.1) is 0 Å². The Morgan fingerprint density at radius 2 is 1.71 bits per heavy atom. The first-order valence-corrected chi connectivity index (χ1v) is 11.1. The summed E-state index contributed by atoms with van der Waals surface area (Å²) < 4.78 is 0. The Labute approximate surface area is 171 Å². The minimum atomic E-state index is 0.622. The fourth-order valence-electron chi connectivity index (χ4n) is 3.72. The van der Waals surface area contributed by atoms with Crippen molar-refractivity contribution in [2.45, 2.75) is 17.7 Å². The number of benzene rings is 3. The van der Waals surface area contributed by atoms with Crippen molar-refractivity contribution in [1.82, 2.24) is 4.90 Å². The standard InChI is InChI=1S/C24H26N2OS/c1-28-21-13-11-20(12-14-21)24(25-27-18-17-26-15-4-5-16-26)23-10-6-8-19-7-2-3-9-22(19)23/h2-3,6-14H,4-5,15-18H2,1H3/b25-24-. The van der Waals surface area contributed by atoms with Gasteiger partial charge in [0.15, 0.2) is 0 Å². The molecule has 3 aromatic carbocycles. The van der Waals surface area contributed by atoms with Crippen molar-refractivity contribution in [2.24, 2.45) is 5.16 Å². The number of likely N-dealkylation sites (tertiary alicyclic amines) is 1. The smallest absolute Gasteiger partial charge is 0.129 e. The third-order valence-corrected chi connectivity index (χ3v) is 6.01. The molecule has 1 fully saturated rings. The predicted octanol–water partition coefficient (Wildman–Crippen LogP) is 5.43. The highest BCUT2D eigenvalue weighted by molar-refractivity contribution is 7.98. The quantitative estimate of drug-likeness (QED) is 0.233. The second-order valence-corrected chi connectivity index (χ2v) is 7.96. The summed E-state index contributed by atoms with van der Waals surface area (Å²) in [6.07, 6.45) is 4.69. The normalized spacial score (nSPS) is 15.2. The molecule has 1 saturated heterocycles. The lowest BCUT2D eigenvalue weighted by Crippen LogP contribution is -2.23. The molecule has 0 aliphatic carbocycles. The van der Waals surface area contributed by atoms with Crippen LogP contribution < -0.4 is 0 Å². The maximum atomic E-state index is 5.81. The fourth-order valence-corrected chi connectivity index (χ4v) is 4.13. The Kier molecular flexibility index (Phi) is 6.30. The Hall–Kier alpha value is -2.30. The molecule has 3 aromatic rings. The third kappa shape index (κ3) is 4.40. The van der Waals surface area contributed by atoms with E-state index in [1.165, 1.54) is 41.6 Å². The van der Waals surface area contributed by atoms with Gasteiger partial charge in [0.1, 0.15) is 12.3 Å². The number of hydrogen-bond acceptors (Lipinski definition) is 4. The SMILES string of the molecule is CSc1ccc(/C(=N/OCCN2CCCC2)c2cccc3ccccc23)cc1. The molecule has 4 rings (SSSR count). The van der Waals surface area contributed by atoms with Crippen LogP contribution in [0.25, 0.3) is 10.8 Å². The average Bonchev–Trinajstić information content (AvgIpc) is 3.27. The number of rotatable bonds is 7. The fraction of sp³-hybridized carbons (Fsp3) is 0.292. The minimum absolute atomic E-state index is 0.622. The molecule has 1 heterocycles. The van der Waals surface area contributed by atoms with Crippen molar-refractivity contribution in [1.29, 1.82) is 0 Å². The Bertz CT molecular complexity index is 941. The molecule has 0 bridgehead atoms. The lowest BCUT2D eigenvalue weighted by molar-refractivity contribution is 0.119. The molecule has 144 valence electrons. The van der Waals surface area contributed by atoms with Crippen molar-refractivity contribution in [3.05, 3.63) is 77.9 Å². The van der Waals surface area contributed by atoms with E-state index >= 15 is 0 Å². The lowest BCUT2D eigenvalue weighted by atomic mass is 9.97. The summed E-state index contributed by atoms with van der Waals surface area (Å²) in [5, 5.41) is 7.02. The van der Waals surface area contributed by atoms with E-state index in [0.717, 1.165) is 23.4 Å². The van der Waals surface area contributed by atoms with Crippen LogP contribution in [0.4, 0.5) is 0 Å². The molecule has 0 atom stereocenters. The van der Waals surface area contributed by atoms with Gasteiger partial charge in [-0.2, -0.15) is 0 Å². The van der Waals surface area contributed by atoms with Crippen molar-refractivity contribution < 1.29 is 4.84 Å². The summed E-state index contributed by atoms with van der Waals surface area (Å²) in [6, 6.07) is 23.4. The number of thioether (sulfide) groups is 1. The Balaban J connectivity index is 1.64. The number of oxime groups is 1. The molecule has 0 unspecified atom stereocenters. The van der Waals surface area contributed by atoms with Crippen LogP contribution in [0.2, 0.25) is 0 Å². The van der Waals surface area contributed by atoms with Gasteiger partial charge in [-0.05, 0) is 55.1 Å². The second kappa shape index (κ2) is 9.26. The number of fused-ring (bicyclic) bond motifs is 1. The zero-order valence-corrected chi connectivity index (χ0v) is 17.1. The van der Waals surface area contributed by atoms with Crippen LogP contribution in [0.3, 0.4) is 0 Å². The van der Waals surface area contributed by atoms with E-state index < -0.39 is 0 Å². The molecule has 28 heavy (non-hydrogen) atoms. The van der Waals surface area contributed by atoms with Gasteiger partial charge in [0.25, 0.3) is 0 Å². The van der Waals surface area contributed by atoms with Gasteiger partial charge in [-0.1, -0.05) is 59.8 Å². The summed E-state index contributed by atoms with van der Waals surface area (Å²) in [5.41, 5.74) is 3.08. The largest absolute Gasteiger partial charge is 0.394 e. The van der Waals surface area contributed by atoms with E-state index in [9.17, 15) is 0 Å². The maximum absolute atomic E-state index is 5.81. The minimum Gasteiger partial charge on any atom is -0.394 e. The summed E-state index contributed by atoms with van der Waals surface area (Å²) in [5.74, 6) is 0. The van der Waals surface area contributed by atoms with E-state index in [-0.39, 0.29) is 0 Å². The molecule has 4 heteroatoms. The average molecular weight is 391 g/mol. The van der Waals surface area contributed by atoms with Gasteiger partial charge in [0.2, 0.25) is 0 Å². The van der Waals surface area contributed by atoms with Crippen LogP contribution in [0.1, 0.15) is 24.0 Å². The number of nitrogens with zero attached hydrogens (tertiary/aromatic N) is 2. The topological polar surface area (TPSA) is 24.8 Å². The molecule has 1 aliphatic rings. The summed E-state index contributed by atoms with van der Waals surface area (Å²) in [7, 11) is 0. The summed E-state index contributed by atoms with van der Waals surface area (Å²) in [6.45, 7) is 3.92. The number of hydrogen-bond donors (Lipinski definition) is 0. The molecule has 0 spiro atoms. The van der Waals surface area contributed by atoms with Gasteiger partial charge < -0.3 is 4.84 Å². The van der Waals surface area contributed by atoms with Crippen LogP contribution in [-0.2, 0) is 4.84 Å². The molecule has 0 radical (unpaired) electrons. The highest BCUT2D eigenvalue weighted by atomic mass is 32.2. The molecule has 3 nitrogen and oxygen atoms in total. The van der Waals surface area contributed by atoms with Crippen LogP contribution in [0.15, 0.2) is 76.8 Å². The van der Waals surface area contributed by atoms with E-state index in [0.29, 0.717) is 6.61 Å². The molecule has 1 aliphatic heterocycles. The lowest BCUT2D eigenvalue weighted by Gasteiger charge is -2.14. The maximum Gasteiger partial charge on any atom is 0.129 e. The summed E-state index contributed by atoms with van der Waals surface area (Å²) in [4.78, 5) is 9.50. The van der Waals surface area contributed by atoms with E-state index in [2.05, 4.69) is 83.0 Å². The van der Waals surface area contributed by atoms with Crippen LogP contribution in [0.5, 0.6) is 0 Å². The van der Waals surface area contributed by atoms with E-state index in [1.807, 2.05) is 0 Å².